The van der Waals surface area contributed by atoms with Gasteiger partial charge in [-0.2, -0.15) is 8.78 Å². The quantitative estimate of drug-likeness (QED) is 0.844. The van der Waals surface area contributed by atoms with E-state index in [1.165, 1.54) is 6.07 Å². The van der Waals surface area contributed by atoms with Crippen molar-refractivity contribution in [3.8, 4) is 5.75 Å². The molecule has 120 valence electrons. The highest BCUT2D eigenvalue weighted by atomic mass is 19.3. The topological polar surface area (TPSA) is 75.6 Å². The van der Waals surface area contributed by atoms with Crippen LogP contribution in [0.15, 0.2) is 24.3 Å². The molecule has 0 unspecified atom stereocenters. The summed E-state index contributed by atoms with van der Waals surface area (Å²) in [4.78, 5) is 22.9. The second-order valence-electron chi connectivity index (χ2n) is 5.28. The Kier molecular flexibility index (Phi) is 5.30. The summed E-state index contributed by atoms with van der Waals surface area (Å²) in [6.45, 7) is -2.95. The molecule has 0 radical (unpaired) electrons. The molecular weight excluding hydrogens is 296 g/mol. The molecule has 2 N–H and O–H groups in total. The molecule has 7 heteroatoms. The maximum atomic E-state index is 12.3. The number of ether oxygens (including phenoxy) is 1. The van der Waals surface area contributed by atoms with E-state index in [9.17, 15) is 18.4 Å². The molecule has 1 amide bonds. The maximum absolute atomic E-state index is 12.3. The van der Waals surface area contributed by atoms with E-state index in [0.29, 0.717) is 24.8 Å². The Bertz CT molecular complexity index is 550. The SMILES string of the molecule is O=C(Cc1ccccc1OC(F)F)N[C@H]1CC[C@@H](C(=O)O)C1. The maximum Gasteiger partial charge on any atom is 0.387 e. The van der Waals surface area contributed by atoms with Gasteiger partial charge in [0.15, 0.2) is 0 Å². The number of carboxylic acids is 1. The van der Waals surface area contributed by atoms with Crippen molar-refractivity contribution < 1.29 is 28.2 Å². The number of amides is 1. The molecule has 1 aromatic rings. The minimum Gasteiger partial charge on any atom is -0.481 e. The van der Waals surface area contributed by atoms with E-state index in [2.05, 4.69) is 10.1 Å². The van der Waals surface area contributed by atoms with E-state index in [1.807, 2.05) is 0 Å². The lowest BCUT2D eigenvalue weighted by Crippen LogP contribution is -2.34. The lowest BCUT2D eigenvalue weighted by atomic mass is 10.1. The molecule has 0 bridgehead atoms. The molecule has 1 aliphatic rings. The number of hydrogen-bond acceptors (Lipinski definition) is 3. The van der Waals surface area contributed by atoms with E-state index in [-0.39, 0.29) is 24.1 Å². The van der Waals surface area contributed by atoms with Gasteiger partial charge < -0.3 is 15.2 Å². The summed E-state index contributed by atoms with van der Waals surface area (Å²) >= 11 is 0. The number of carbonyl (C=O) groups is 2. The predicted octanol–water partition coefficient (Wildman–Crippen LogP) is 2.20. The molecule has 0 heterocycles. The van der Waals surface area contributed by atoms with Gasteiger partial charge in [-0.3, -0.25) is 9.59 Å². The third kappa shape index (κ3) is 4.41. The standard InChI is InChI=1S/C15H17F2NO4/c16-15(17)22-12-4-2-1-3-9(12)8-13(19)18-11-6-5-10(7-11)14(20)21/h1-4,10-11,15H,5-8H2,(H,18,19)(H,20,21)/t10-,11+/m1/s1. The number of para-hydroxylation sites is 1. The molecule has 0 aromatic heterocycles. The number of halogens is 2. The Balaban J connectivity index is 1.91. The van der Waals surface area contributed by atoms with E-state index in [1.54, 1.807) is 18.2 Å². The molecule has 1 aliphatic carbocycles. The second-order valence-corrected chi connectivity index (χ2v) is 5.28. The van der Waals surface area contributed by atoms with Crippen molar-refractivity contribution in [2.75, 3.05) is 0 Å². The first-order chi connectivity index (χ1) is 10.5. The van der Waals surface area contributed by atoms with Gasteiger partial charge in [-0.15, -0.1) is 0 Å². The highest BCUT2D eigenvalue weighted by Gasteiger charge is 2.30. The average molecular weight is 313 g/mol. The fourth-order valence-corrected chi connectivity index (χ4v) is 2.65. The highest BCUT2D eigenvalue weighted by Crippen LogP contribution is 2.26. The van der Waals surface area contributed by atoms with E-state index < -0.39 is 18.5 Å². The number of hydrogen-bond donors (Lipinski definition) is 2. The van der Waals surface area contributed by atoms with Crippen molar-refractivity contribution in [2.24, 2.45) is 5.92 Å². The van der Waals surface area contributed by atoms with Gasteiger partial charge in [0.1, 0.15) is 5.75 Å². The summed E-state index contributed by atoms with van der Waals surface area (Å²) in [7, 11) is 0. The first kappa shape index (κ1) is 16.2. The van der Waals surface area contributed by atoms with Gasteiger partial charge in [0.25, 0.3) is 0 Å². The molecule has 2 rings (SSSR count). The number of carboxylic acid groups (broad SMARTS) is 1. The molecule has 0 spiro atoms. The molecule has 2 atom stereocenters. The van der Waals surface area contributed by atoms with Crippen LogP contribution < -0.4 is 10.1 Å². The number of rotatable bonds is 6. The van der Waals surface area contributed by atoms with Crippen LogP contribution in [-0.4, -0.2) is 29.6 Å². The van der Waals surface area contributed by atoms with Gasteiger partial charge in [0.05, 0.1) is 12.3 Å². The third-order valence-electron chi connectivity index (χ3n) is 3.69. The normalized spacial score (nSPS) is 20.9. The monoisotopic (exact) mass is 313 g/mol. The largest absolute Gasteiger partial charge is 0.481 e. The second kappa shape index (κ2) is 7.20. The lowest BCUT2D eigenvalue weighted by Gasteiger charge is -2.14. The van der Waals surface area contributed by atoms with Crippen LogP contribution in [-0.2, 0) is 16.0 Å². The van der Waals surface area contributed by atoms with Crippen molar-refractivity contribution in [3.63, 3.8) is 0 Å². The van der Waals surface area contributed by atoms with Crippen molar-refractivity contribution in [1.29, 1.82) is 0 Å². The van der Waals surface area contributed by atoms with Crippen LogP contribution in [0.4, 0.5) is 8.78 Å². The van der Waals surface area contributed by atoms with Crippen molar-refractivity contribution in [2.45, 2.75) is 38.3 Å². The number of aliphatic carboxylic acids is 1. The summed E-state index contributed by atoms with van der Waals surface area (Å²) in [6, 6.07) is 5.93. The molecular formula is C15H17F2NO4. The number of carbonyl (C=O) groups excluding carboxylic acids is 1. The van der Waals surface area contributed by atoms with Crippen molar-refractivity contribution in [1.82, 2.24) is 5.32 Å². The fraction of sp³-hybridized carbons (Fsp3) is 0.467. The lowest BCUT2D eigenvalue weighted by molar-refractivity contribution is -0.141. The summed E-state index contributed by atoms with van der Waals surface area (Å²) < 4.78 is 29.0. The van der Waals surface area contributed by atoms with Crippen LogP contribution in [0.25, 0.3) is 0 Å². The predicted molar refractivity (Wildman–Crippen MR) is 73.7 cm³/mol. The molecule has 5 nitrogen and oxygen atoms in total. The van der Waals surface area contributed by atoms with Gasteiger partial charge in [-0.25, -0.2) is 0 Å². The highest BCUT2D eigenvalue weighted by molar-refractivity contribution is 5.80. The molecule has 0 saturated heterocycles. The molecule has 0 aliphatic heterocycles. The average Bonchev–Trinajstić information content (AvgIpc) is 2.89. The van der Waals surface area contributed by atoms with Crippen LogP contribution in [0.1, 0.15) is 24.8 Å². The van der Waals surface area contributed by atoms with Gasteiger partial charge >= 0.3 is 12.6 Å². The van der Waals surface area contributed by atoms with E-state index >= 15 is 0 Å². The van der Waals surface area contributed by atoms with Crippen LogP contribution >= 0.6 is 0 Å². The first-order valence-corrected chi connectivity index (χ1v) is 7.00. The smallest absolute Gasteiger partial charge is 0.387 e. The minimum absolute atomic E-state index is 0.0255. The zero-order chi connectivity index (χ0) is 16.1. The van der Waals surface area contributed by atoms with Crippen molar-refractivity contribution in [3.05, 3.63) is 29.8 Å². The summed E-state index contributed by atoms with van der Waals surface area (Å²) in [5.74, 6) is -1.64. The third-order valence-corrected chi connectivity index (χ3v) is 3.69. The van der Waals surface area contributed by atoms with E-state index in [0.717, 1.165) is 0 Å². The molecule has 1 aromatic carbocycles. The van der Waals surface area contributed by atoms with Gasteiger partial charge in [0, 0.05) is 11.6 Å². The summed E-state index contributed by atoms with van der Waals surface area (Å²) in [5, 5.41) is 11.7. The Labute approximate surface area is 126 Å². The Morgan fingerprint density at radius 2 is 2.05 bits per heavy atom. The zero-order valence-electron chi connectivity index (χ0n) is 11.8. The minimum atomic E-state index is -2.95. The van der Waals surface area contributed by atoms with Crippen LogP contribution in [0, 0.1) is 5.92 Å². The summed E-state index contributed by atoms with van der Waals surface area (Å²) in [5.41, 5.74) is 0.369. The number of alkyl halides is 2. The van der Waals surface area contributed by atoms with Gasteiger partial charge in [0.2, 0.25) is 5.91 Å². The molecule has 22 heavy (non-hydrogen) atoms. The van der Waals surface area contributed by atoms with E-state index in [4.69, 9.17) is 5.11 Å². The fourth-order valence-electron chi connectivity index (χ4n) is 2.65. The zero-order valence-corrected chi connectivity index (χ0v) is 11.8. The van der Waals surface area contributed by atoms with Gasteiger partial charge in [-0.05, 0) is 25.3 Å². The summed E-state index contributed by atoms with van der Waals surface area (Å²) in [6.07, 6.45) is 1.45. The number of benzene rings is 1. The van der Waals surface area contributed by atoms with Crippen LogP contribution in [0.3, 0.4) is 0 Å². The van der Waals surface area contributed by atoms with Crippen LogP contribution in [0.5, 0.6) is 5.75 Å². The molecule has 1 saturated carbocycles. The van der Waals surface area contributed by atoms with Crippen molar-refractivity contribution >= 4 is 11.9 Å². The number of nitrogens with one attached hydrogen (secondary N) is 1. The molecule has 1 fully saturated rings. The van der Waals surface area contributed by atoms with Crippen LogP contribution in [0.2, 0.25) is 0 Å². The first-order valence-electron chi connectivity index (χ1n) is 7.00. The Morgan fingerprint density at radius 1 is 1.32 bits per heavy atom. The Hall–Kier alpha value is -2.18. The Morgan fingerprint density at radius 3 is 2.68 bits per heavy atom. The van der Waals surface area contributed by atoms with Gasteiger partial charge in [-0.1, -0.05) is 18.2 Å².